The number of imidazole rings is 1. The largest absolute Gasteiger partial charge is 0.345 e. The molecule has 0 aliphatic heterocycles. The topological polar surface area (TPSA) is 33.4 Å². The molecule has 0 bridgehead atoms. The van der Waals surface area contributed by atoms with Crippen LogP contribution in [0.15, 0.2) is 23.0 Å². The molecule has 6 heteroatoms. The monoisotopic (exact) mass is 264 g/mol. The van der Waals surface area contributed by atoms with Gasteiger partial charge in [-0.15, -0.1) is 5.10 Å². The van der Waals surface area contributed by atoms with Gasteiger partial charge in [-0.25, -0.2) is 9.50 Å². The maximum Gasteiger partial charge on any atom is 0.214 e. The van der Waals surface area contributed by atoms with Gasteiger partial charge in [-0.05, 0) is 29.3 Å². The summed E-state index contributed by atoms with van der Waals surface area (Å²) in [6.07, 6.45) is 1.95. The minimum Gasteiger partial charge on any atom is -0.345 e. The number of hydrogen-bond acceptors (Lipinski definition) is 5. The Kier molecular flexibility index (Phi) is 2.60. The molecule has 88 valence electrons. The van der Waals surface area contributed by atoms with Gasteiger partial charge in [0, 0.05) is 13.6 Å². The van der Waals surface area contributed by atoms with Gasteiger partial charge >= 0.3 is 0 Å². The first kappa shape index (κ1) is 10.7. The van der Waals surface area contributed by atoms with E-state index in [1.165, 1.54) is 5.56 Å². The van der Waals surface area contributed by atoms with Crippen molar-refractivity contribution < 1.29 is 0 Å². The molecule has 0 spiro atoms. The maximum absolute atomic E-state index is 4.52. The highest BCUT2D eigenvalue weighted by Gasteiger charge is 2.10. The van der Waals surface area contributed by atoms with Gasteiger partial charge in [-0.3, -0.25) is 0 Å². The summed E-state index contributed by atoms with van der Waals surface area (Å²) in [6, 6.07) is 2.14. The van der Waals surface area contributed by atoms with Crippen LogP contribution in [0.4, 0.5) is 5.13 Å². The van der Waals surface area contributed by atoms with Crippen molar-refractivity contribution in [2.75, 3.05) is 11.9 Å². The predicted octanol–water partition coefficient (Wildman–Crippen LogP) is 2.80. The van der Waals surface area contributed by atoms with Gasteiger partial charge in [0.2, 0.25) is 10.1 Å². The molecule has 3 aromatic heterocycles. The van der Waals surface area contributed by atoms with E-state index in [0.29, 0.717) is 0 Å². The third kappa shape index (κ3) is 2.05. The van der Waals surface area contributed by atoms with Crippen LogP contribution in [-0.4, -0.2) is 21.6 Å². The first-order chi connectivity index (χ1) is 8.22. The summed E-state index contributed by atoms with van der Waals surface area (Å²) in [5.41, 5.74) is 2.33. The second kappa shape index (κ2) is 4.12. The standard InChI is InChI=1S/C11H12N4S2/c1-8-5-15-10(12-8)17-11(13-15)14(2)6-9-3-4-16-7-9/h3-5,7H,6H2,1-2H3. The first-order valence-corrected chi connectivity index (χ1v) is 7.03. The van der Waals surface area contributed by atoms with Crippen molar-refractivity contribution in [1.29, 1.82) is 0 Å². The number of thiophene rings is 1. The molecule has 0 aliphatic rings. The highest BCUT2D eigenvalue weighted by molar-refractivity contribution is 7.20. The lowest BCUT2D eigenvalue weighted by atomic mass is 10.3. The van der Waals surface area contributed by atoms with E-state index in [0.717, 1.165) is 22.3 Å². The Labute approximate surface area is 107 Å². The summed E-state index contributed by atoms with van der Waals surface area (Å²) < 4.78 is 1.85. The van der Waals surface area contributed by atoms with Crippen LogP contribution in [0.1, 0.15) is 11.3 Å². The van der Waals surface area contributed by atoms with Gasteiger partial charge in [0.05, 0.1) is 11.9 Å². The number of hydrogen-bond donors (Lipinski definition) is 0. The second-order valence-electron chi connectivity index (χ2n) is 3.98. The fourth-order valence-electron chi connectivity index (χ4n) is 1.68. The first-order valence-electron chi connectivity index (χ1n) is 5.27. The average Bonchev–Trinajstić information content (AvgIpc) is 2.92. The van der Waals surface area contributed by atoms with Gasteiger partial charge in [0.1, 0.15) is 0 Å². The summed E-state index contributed by atoms with van der Waals surface area (Å²) in [5, 5.41) is 9.78. The van der Waals surface area contributed by atoms with Crippen LogP contribution in [0.3, 0.4) is 0 Å². The Morgan fingerprint density at radius 2 is 2.35 bits per heavy atom. The molecule has 0 atom stereocenters. The summed E-state index contributed by atoms with van der Waals surface area (Å²) >= 11 is 3.34. The van der Waals surface area contributed by atoms with Crippen LogP contribution in [0.25, 0.3) is 4.96 Å². The summed E-state index contributed by atoms with van der Waals surface area (Å²) in [5.74, 6) is 0. The Balaban J connectivity index is 1.85. The minimum absolute atomic E-state index is 0.888. The summed E-state index contributed by atoms with van der Waals surface area (Å²) in [4.78, 5) is 7.51. The Hall–Kier alpha value is -1.40. The SMILES string of the molecule is Cc1cn2nc(N(C)Cc3ccsc3)sc2n1. The fourth-order valence-corrected chi connectivity index (χ4v) is 3.23. The van der Waals surface area contributed by atoms with Crippen molar-refractivity contribution in [3.63, 3.8) is 0 Å². The number of aryl methyl sites for hydroxylation is 1. The van der Waals surface area contributed by atoms with E-state index in [-0.39, 0.29) is 0 Å². The quantitative estimate of drug-likeness (QED) is 0.729. The molecule has 0 fully saturated rings. The molecule has 0 N–H and O–H groups in total. The Morgan fingerprint density at radius 1 is 1.47 bits per heavy atom. The second-order valence-corrected chi connectivity index (χ2v) is 5.70. The van der Waals surface area contributed by atoms with Crippen molar-refractivity contribution in [3.05, 3.63) is 34.3 Å². The number of nitrogens with zero attached hydrogens (tertiary/aromatic N) is 4. The van der Waals surface area contributed by atoms with Crippen LogP contribution in [0.5, 0.6) is 0 Å². The van der Waals surface area contributed by atoms with Crippen LogP contribution < -0.4 is 4.90 Å². The summed E-state index contributed by atoms with van der Waals surface area (Å²) in [7, 11) is 2.06. The zero-order valence-electron chi connectivity index (χ0n) is 9.62. The average molecular weight is 264 g/mol. The van der Waals surface area contributed by atoms with E-state index in [2.05, 4.69) is 38.9 Å². The van der Waals surface area contributed by atoms with Crippen molar-refractivity contribution in [3.8, 4) is 0 Å². The molecule has 0 saturated carbocycles. The van der Waals surface area contributed by atoms with E-state index < -0.39 is 0 Å². The van der Waals surface area contributed by atoms with E-state index in [1.807, 2.05) is 17.6 Å². The van der Waals surface area contributed by atoms with Crippen LogP contribution in [0, 0.1) is 6.92 Å². The maximum atomic E-state index is 4.52. The van der Waals surface area contributed by atoms with Gasteiger partial charge in [0.25, 0.3) is 0 Å². The van der Waals surface area contributed by atoms with E-state index in [9.17, 15) is 0 Å². The van der Waals surface area contributed by atoms with Crippen molar-refractivity contribution in [1.82, 2.24) is 14.6 Å². The summed E-state index contributed by atoms with van der Waals surface area (Å²) in [6.45, 7) is 2.87. The molecule has 0 amide bonds. The predicted molar refractivity (Wildman–Crippen MR) is 72.0 cm³/mol. The van der Waals surface area contributed by atoms with Crippen LogP contribution in [0.2, 0.25) is 0 Å². The fraction of sp³-hybridized carbons (Fsp3) is 0.273. The number of anilines is 1. The molecule has 0 radical (unpaired) electrons. The molecule has 0 saturated heterocycles. The molecular formula is C11H12N4S2. The molecule has 0 aliphatic carbocycles. The van der Waals surface area contributed by atoms with Crippen molar-refractivity contribution in [2.45, 2.75) is 13.5 Å². The molecular weight excluding hydrogens is 252 g/mol. The highest BCUT2D eigenvalue weighted by atomic mass is 32.1. The van der Waals surface area contributed by atoms with Gasteiger partial charge < -0.3 is 4.90 Å². The Morgan fingerprint density at radius 3 is 3.06 bits per heavy atom. The third-order valence-electron chi connectivity index (χ3n) is 2.48. The molecule has 0 unspecified atom stereocenters. The number of fused-ring (bicyclic) bond motifs is 1. The lowest BCUT2D eigenvalue weighted by molar-refractivity contribution is 0.872. The molecule has 3 aromatic rings. The van der Waals surface area contributed by atoms with E-state index >= 15 is 0 Å². The lowest BCUT2D eigenvalue weighted by Crippen LogP contribution is -2.15. The molecule has 3 heterocycles. The van der Waals surface area contributed by atoms with Crippen molar-refractivity contribution >= 4 is 32.8 Å². The normalized spacial score (nSPS) is 11.2. The smallest absolute Gasteiger partial charge is 0.214 e. The zero-order valence-corrected chi connectivity index (χ0v) is 11.3. The van der Waals surface area contributed by atoms with Gasteiger partial charge in [0.15, 0.2) is 0 Å². The molecule has 17 heavy (non-hydrogen) atoms. The van der Waals surface area contributed by atoms with Gasteiger partial charge in [-0.2, -0.15) is 11.3 Å². The third-order valence-corrected chi connectivity index (χ3v) is 4.25. The van der Waals surface area contributed by atoms with Gasteiger partial charge in [-0.1, -0.05) is 11.3 Å². The molecule has 0 aromatic carbocycles. The molecule has 4 nitrogen and oxygen atoms in total. The number of rotatable bonds is 3. The zero-order chi connectivity index (χ0) is 11.8. The lowest BCUT2D eigenvalue weighted by Gasteiger charge is -2.13. The Bertz CT molecular complexity index is 592. The molecule has 3 rings (SSSR count). The minimum atomic E-state index is 0.888. The van der Waals surface area contributed by atoms with Crippen molar-refractivity contribution in [2.24, 2.45) is 0 Å². The van der Waals surface area contributed by atoms with Crippen LogP contribution in [-0.2, 0) is 6.54 Å². The highest BCUT2D eigenvalue weighted by Crippen LogP contribution is 2.23. The number of aromatic nitrogens is 3. The van der Waals surface area contributed by atoms with Crippen LogP contribution >= 0.6 is 22.7 Å². The van der Waals surface area contributed by atoms with E-state index in [4.69, 9.17) is 0 Å². The van der Waals surface area contributed by atoms with E-state index in [1.54, 1.807) is 22.7 Å².